The summed E-state index contributed by atoms with van der Waals surface area (Å²) in [5, 5.41) is 14.3. The first-order chi connectivity index (χ1) is 12.0. The lowest BCUT2D eigenvalue weighted by molar-refractivity contribution is 0.0851. The molecule has 0 spiro atoms. The standard InChI is InChI=1S/C16H19BClN5O2/c17-10-5-12-9(4-11(10)18)15(25)23(8-20-12)7-16(21-22-16)6-13-14(24)2-1-3-19-13/h4-5,8,13-14,19,21-22,24H,1-3,6-7H2/t13-,14+/m1/s1. The van der Waals surface area contributed by atoms with Crippen molar-refractivity contribution in [3.05, 3.63) is 33.8 Å². The molecule has 9 heteroatoms. The predicted octanol–water partition coefficient (Wildman–Crippen LogP) is -0.849. The second-order valence-corrected chi connectivity index (χ2v) is 7.28. The first-order valence-electron chi connectivity index (χ1n) is 8.37. The van der Waals surface area contributed by atoms with Gasteiger partial charge in [-0.3, -0.25) is 9.36 Å². The molecular weight excluding hydrogens is 340 g/mol. The van der Waals surface area contributed by atoms with Crippen LogP contribution in [-0.4, -0.2) is 46.9 Å². The summed E-state index contributed by atoms with van der Waals surface area (Å²) < 4.78 is 1.55. The number of hydrazine groups is 1. The Morgan fingerprint density at radius 1 is 1.44 bits per heavy atom. The number of hydrogen-bond acceptors (Lipinski definition) is 6. The van der Waals surface area contributed by atoms with Gasteiger partial charge < -0.3 is 10.4 Å². The van der Waals surface area contributed by atoms with Gasteiger partial charge in [-0.15, -0.1) is 0 Å². The van der Waals surface area contributed by atoms with E-state index in [-0.39, 0.29) is 17.7 Å². The SMILES string of the molecule is [B]c1cc2ncn(CC3(C[C@H]4NCCC[C@@H]4O)NN3)c(=O)c2cc1Cl. The van der Waals surface area contributed by atoms with E-state index in [1.54, 1.807) is 16.7 Å². The molecule has 0 saturated carbocycles. The maximum atomic E-state index is 12.8. The molecule has 2 atom stereocenters. The van der Waals surface area contributed by atoms with Crippen LogP contribution >= 0.6 is 11.6 Å². The van der Waals surface area contributed by atoms with Crippen LogP contribution in [0, 0.1) is 0 Å². The van der Waals surface area contributed by atoms with Crippen molar-refractivity contribution in [2.24, 2.45) is 0 Å². The largest absolute Gasteiger partial charge is 0.392 e. The van der Waals surface area contributed by atoms with E-state index in [1.807, 2.05) is 0 Å². The number of nitrogens with one attached hydrogen (secondary N) is 3. The van der Waals surface area contributed by atoms with Crippen molar-refractivity contribution in [3.63, 3.8) is 0 Å². The monoisotopic (exact) mass is 359 g/mol. The van der Waals surface area contributed by atoms with Crippen LogP contribution in [0.1, 0.15) is 19.3 Å². The maximum absolute atomic E-state index is 12.8. The molecule has 4 N–H and O–H groups in total. The Balaban J connectivity index is 1.59. The highest BCUT2D eigenvalue weighted by atomic mass is 35.5. The van der Waals surface area contributed by atoms with Gasteiger partial charge in [0, 0.05) is 17.5 Å². The molecule has 0 aliphatic carbocycles. The Morgan fingerprint density at radius 2 is 2.24 bits per heavy atom. The highest BCUT2D eigenvalue weighted by molar-refractivity contribution is 6.45. The number of halogens is 1. The number of aliphatic hydroxyl groups excluding tert-OH is 1. The Labute approximate surface area is 151 Å². The zero-order valence-electron chi connectivity index (χ0n) is 13.6. The van der Waals surface area contributed by atoms with Gasteiger partial charge in [0.25, 0.3) is 5.56 Å². The zero-order chi connectivity index (χ0) is 17.6. The summed E-state index contributed by atoms with van der Waals surface area (Å²) in [5.74, 6) is 0. The Kier molecular flexibility index (Phi) is 4.33. The number of piperidine rings is 1. The second-order valence-electron chi connectivity index (χ2n) is 6.87. The Bertz CT molecular complexity index is 869. The van der Waals surface area contributed by atoms with E-state index in [2.05, 4.69) is 21.2 Å². The average Bonchev–Trinajstić information content (AvgIpc) is 3.34. The summed E-state index contributed by atoms with van der Waals surface area (Å²) in [6, 6.07) is 3.16. The van der Waals surface area contributed by atoms with Crippen LogP contribution in [0.2, 0.25) is 5.02 Å². The quantitative estimate of drug-likeness (QED) is 0.418. The van der Waals surface area contributed by atoms with E-state index in [0.717, 1.165) is 19.4 Å². The Morgan fingerprint density at radius 3 is 2.96 bits per heavy atom. The molecule has 2 saturated heterocycles. The van der Waals surface area contributed by atoms with Gasteiger partial charge in [0.15, 0.2) is 0 Å². The molecule has 2 aliphatic heterocycles. The van der Waals surface area contributed by atoms with Gasteiger partial charge in [0.2, 0.25) is 0 Å². The highest BCUT2D eigenvalue weighted by Gasteiger charge is 2.45. The van der Waals surface area contributed by atoms with Crippen LogP contribution in [0.5, 0.6) is 0 Å². The molecule has 0 amide bonds. The van der Waals surface area contributed by atoms with Gasteiger partial charge in [0.05, 0.1) is 29.9 Å². The lowest BCUT2D eigenvalue weighted by atomic mass is 9.93. The smallest absolute Gasteiger partial charge is 0.261 e. The Hall–Kier alpha value is -1.45. The molecule has 7 nitrogen and oxygen atoms in total. The molecule has 1 aromatic carbocycles. The molecule has 2 radical (unpaired) electrons. The first kappa shape index (κ1) is 17.0. The molecule has 0 bridgehead atoms. The third-order valence-electron chi connectivity index (χ3n) is 4.98. The van der Waals surface area contributed by atoms with Gasteiger partial charge in [-0.2, -0.15) is 0 Å². The molecule has 2 fully saturated rings. The van der Waals surface area contributed by atoms with E-state index in [0.29, 0.717) is 34.4 Å². The van der Waals surface area contributed by atoms with Crippen LogP contribution in [-0.2, 0) is 6.54 Å². The number of aromatic nitrogens is 2. The summed E-state index contributed by atoms with van der Waals surface area (Å²) >= 11 is 6.04. The van der Waals surface area contributed by atoms with Crippen LogP contribution in [0.4, 0.5) is 0 Å². The summed E-state index contributed by atoms with van der Waals surface area (Å²) in [6.45, 7) is 1.30. The fourth-order valence-electron chi connectivity index (χ4n) is 3.45. The van der Waals surface area contributed by atoms with Crippen molar-refractivity contribution in [2.45, 2.75) is 43.6 Å². The molecule has 1 aromatic heterocycles. The minimum absolute atomic E-state index is 0.00499. The molecule has 0 unspecified atom stereocenters. The lowest BCUT2D eigenvalue weighted by Gasteiger charge is -2.31. The average molecular weight is 360 g/mol. The van der Waals surface area contributed by atoms with Crippen LogP contribution < -0.4 is 27.2 Å². The fraction of sp³-hybridized carbons (Fsp3) is 0.500. The van der Waals surface area contributed by atoms with E-state index >= 15 is 0 Å². The summed E-state index contributed by atoms with van der Waals surface area (Å²) in [6.07, 6.45) is 3.59. The molecule has 25 heavy (non-hydrogen) atoms. The zero-order valence-corrected chi connectivity index (χ0v) is 14.4. The summed E-state index contributed by atoms with van der Waals surface area (Å²) in [4.78, 5) is 17.1. The second kappa shape index (κ2) is 6.37. The lowest BCUT2D eigenvalue weighted by Crippen LogP contribution is -2.49. The maximum Gasteiger partial charge on any atom is 0.261 e. The van der Waals surface area contributed by atoms with Gasteiger partial charge in [0.1, 0.15) is 13.5 Å². The van der Waals surface area contributed by atoms with E-state index in [9.17, 15) is 9.90 Å². The number of aliphatic hydroxyl groups is 1. The summed E-state index contributed by atoms with van der Waals surface area (Å²) in [5.41, 5.74) is 6.59. The van der Waals surface area contributed by atoms with Gasteiger partial charge in [-0.1, -0.05) is 17.1 Å². The molecule has 2 aromatic rings. The van der Waals surface area contributed by atoms with E-state index in [1.165, 1.54) is 6.33 Å². The summed E-state index contributed by atoms with van der Waals surface area (Å²) in [7, 11) is 5.77. The minimum atomic E-state index is -0.424. The van der Waals surface area contributed by atoms with Crippen LogP contribution in [0.3, 0.4) is 0 Å². The minimum Gasteiger partial charge on any atom is -0.392 e. The van der Waals surface area contributed by atoms with Crippen molar-refractivity contribution >= 4 is 35.8 Å². The predicted molar refractivity (Wildman–Crippen MR) is 97.1 cm³/mol. The number of fused-ring (bicyclic) bond motifs is 1. The van der Waals surface area contributed by atoms with Crippen molar-refractivity contribution < 1.29 is 5.11 Å². The van der Waals surface area contributed by atoms with Crippen LogP contribution in [0.25, 0.3) is 10.9 Å². The normalized spacial score (nSPS) is 25.2. The highest BCUT2D eigenvalue weighted by Crippen LogP contribution is 2.24. The fourth-order valence-corrected chi connectivity index (χ4v) is 3.62. The van der Waals surface area contributed by atoms with Gasteiger partial charge in [-0.25, -0.2) is 15.8 Å². The topological polar surface area (TPSA) is 111 Å². The van der Waals surface area contributed by atoms with Crippen LogP contribution in [0.15, 0.2) is 23.3 Å². The van der Waals surface area contributed by atoms with Crippen molar-refractivity contribution in [1.82, 2.24) is 25.7 Å². The van der Waals surface area contributed by atoms with Crippen molar-refractivity contribution in [2.75, 3.05) is 6.54 Å². The number of benzene rings is 1. The third-order valence-corrected chi connectivity index (χ3v) is 5.30. The molecular formula is C16H19BClN5O2. The van der Waals surface area contributed by atoms with Gasteiger partial charge >= 0.3 is 0 Å². The number of nitrogens with zero attached hydrogens (tertiary/aromatic N) is 2. The van der Waals surface area contributed by atoms with Crippen molar-refractivity contribution in [1.29, 1.82) is 0 Å². The first-order valence-corrected chi connectivity index (χ1v) is 8.75. The van der Waals surface area contributed by atoms with Gasteiger partial charge in [-0.05, 0) is 31.5 Å². The number of hydrogen-bond donors (Lipinski definition) is 4. The molecule has 4 rings (SSSR count). The third kappa shape index (κ3) is 3.32. The van der Waals surface area contributed by atoms with E-state index in [4.69, 9.17) is 19.4 Å². The molecule has 3 heterocycles. The number of rotatable bonds is 4. The van der Waals surface area contributed by atoms with Crippen molar-refractivity contribution in [3.8, 4) is 0 Å². The molecule has 130 valence electrons. The molecule has 2 aliphatic rings. The van der Waals surface area contributed by atoms with E-state index < -0.39 is 5.66 Å².